The molecule has 0 aromatic heterocycles. The lowest BCUT2D eigenvalue weighted by molar-refractivity contribution is 0.716. The second-order valence-corrected chi connectivity index (χ2v) is 7.31. The minimum atomic E-state index is 0.255. The number of hydrogen-bond donors (Lipinski definition) is 0. The number of para-hydroxylation sites is 2. The number of fused-ring (bicyclic) bond motifs is 1. The molecule has 1 saturated heterocycles. The standard InChI is InChI=1S/C24H24N2/c1-3-10-22(11-4-1)25-16-17-26(23-12-5-2-6-13-23)24(25)21-15-14-19-8-7-9-20(19)18-21/h1-6,10-15,18,24H,7-9,16-17H2. The molecule has 0 amide bonds. The zero-order valence-corrected chi connectivity index (χ0v) is 15.0. The molecule has 0 spiro atoms. The highest BCUT2D eigenvalue weighted by Crippen LogP contribution is 2.38. The van der Waals surface area contributed by atoms with Crippen LogP contribution in [-0.4, -0.2) is 13.1 Å². The molecule has 1 heterocycles. The highest BCUT2D eigenvalue weighted by Gasteiger charge is 2.34. The van der Waals surface area contributed by atoms with Gasteiger partial charge in [0.2, 0.25) is 0 Å². The average molecular weight is 340 g/mol. The normalized spacial score (nSPS) is 16.9. The molecule has 1 fully saturated rings. The van der Waals surface area contributed by atoms with E-state index in [9.17, 15) is 0 Å². The lowest BCUT2D eigenvalue weighted by Gasteiger charge is -2.33. The van der Waals surface area contributed by atoms with Gasteiger partial charge in [0.1, 0.15) is 6.17 Å². The Kier molecular flexibility index (Phi) is 3.89. The van der Waals surface area contributed by atoms with E-state index in [2.05, 4.69) is 88.7 Å². The van der Waals surface area contributed by atoms with E-state index in [-0.39, 0.29) is 6.17 Å². The summed E-state index contributed by atoms with van der Waals surface area (Å²) in [5, 5.41) is 0. The number of aryl methyl sites for hydroxylation is 2. The molecule has 2 aliphatic rings. The first-order chi connectivity index (χ1) is 12.9. The van der Waals surface area contributed by atoms with Gasteiger partial charge in [-0.15, -0.1) is 0 Å². The quantitative estimate of drug-likeness (QED) is 0.646. The Morgan fingerprint density at radius 1 is 0.615 bits per heavy atom. The van der Waals surface area contributed by atoms with E-state index in [1.54, 1.807) is 11.1 Å². The summed E-state index contributed by atoms with van der Waals surface area (Å²) in [5.74, 6) is 0. The molecular formula is C24H24N2. The molecule has 0 N–H and O–H groups in total. The topological polar surface area (TPSA) is 6.48 Å². The molecule has 1 aliphatic carbocycles. The van der Waals surface area contributed by atoms with Gasteiger partial charge in [-0.2, -0.15) is 0 Å². The molecule has 0 atom stereocenters. The van der Waals surface area contributed by atoms with E-state index >= 15 is 0 Å². The first-order valence-electron chi connectivity index (χ1n) is 9.65. The van der Waals surface area contributed by atoms with Crippen molar-refractivity contribution in [2.24, 2.45) is 0 Å². The number of benzene rings is 3. The van der Waals surface area contributed by atoms with Gasteiger partial charge in [-0.3, -0.25) is 0 Å². The molecule has 2 heteroatoms. The highest BCUT2D eigenvalue weighted by atomic mass is 15.4. The molecule has 0 radical (unpaired) electrons. The van der Waals surface area contributed by atoms with Crippen molar-refractivity contribution in [3.63, 3.8) is 0 Å². The molecule has 0 saturated carbocycles. The van der Waals surface area contributed by atoms with Crippen molar-refractivity contribution in [3.05, 3.63) is 95.6 Å². The largest absolute Gasteiger partial charge is 0.346 e. The molecule has 0 unspecified atom stereocenters. The molecule has 5 rings (SSSR count). The monoisotopic (exact) mass is 340 g/mol. The highest BCUT2D eigenvalue weighted by molar-refractivity contribution is 5.59. The van der Waals surface area contributed by atoms with Gasteiger partial charge >= 0.3 is 0 Å². The minimum Gasteiger partial charge on any atom is -0.346 e. The Labute approximate surface area is 155 Å². The fourth-order valence-electron chi connectivity index (χ4n) is 4.52. The van der Waals surface area contributed by atoms with Crippen LogP contribution in [0.2, 0.25) is 0 Å². The van der Waals surface area contributed by atoms with Crippen molar-refractivity contribution in [1.82, 2.24) is 0 Å². The molecule has 130 valence electrons. The summed E-state index contributed by atoms with van der Waals surface area (Å²) in [5.41, 5.74) is 7.11. The second-order valence-electron chi connectivity index (χ2n) is 7.31. The molecule has 3 aromatic carbocycles. The SMILES string of the molecule is c1ccc(N2CCN(c3ccccc3)C2c2ccc3c(c2)CCC3)cc1. The molecular weight excluding hydrogens is 316 g/mol. The van der Waals surface area contributed by atoms with Crippen molar-refractivity contribution in [1.29, 1.82) is 0 Å². The van der Waals surface area contributed by atoms with E-state index in [0.717, 1.165) is 13.1 Å². The Balaban J connectivity index is 1.59. The summed E-state index contributed by atoms with van der Waals surface area (Å²) in [4.78, 5) is 5.09. The molecule has 26 heavy (non-hydrogen) atoms. The number of nitrogens with zero attached hydrogens (tertiary/aromatic N) is 2. The predicted octanol–water partition coefficient (Wildman–Crippen LogP) is 5.20. The Morgan fingerprint density at radius 2 is 1.19 bits per heavy atom. The fraction of sp³-hybridized carbons (Fsp3) is 0.250. The van der Waals surface area contributed by atoms with Crippen molar-refractivity contribution >= 4 is 11.4 Å². The third-order valence-electron chi connectivity index (χ3n) is 5.77. The summed E-state index contributed by atoms with van der Waals surface area (Å²) in [6.07, 6.45) is 4.03. The first kappa shape index (κ1) is 15.5. The van der Waals surface area contributed by atoms with Crippen molar-refractivity contribution in [3.8, 4) is 0 Å². The first-order valence-corrected chi connectivity index (χ1v) is 9.65. The van der Waals surface area contributed by atoms with Crippen LogP contribution in [0.1, 0.15) is 29.3 Å². The molecule has 1 aliphatic heterocycles. The van der Waals surface area contributed by atoms with Gasteiger partial charge in [0, 0.05) is 24.5 Å². The van der Waals surface area contributed by atoms with E-state index in [1.807, 2.05) is 0 Å². The molecule has 3 aromatic rings. The minimum absolute atomic E-state index is 0.255. The van der Waals surface area contributed by atoms with E-state index in [0.29, 0.717) is 0 Å². The van der Waals surface area contributed by atoms with Crippen molar-refractivity contribution in [2.75, 3.05) is 22.9 Å². The Morgan fingerprint density at radius 3 is 1.81 bits per heavy atom. The number of hydrogen-bond acceptors (Lipinski definition) is 2. The number of rotatable bonds is 3. The van der Waals surface area contributed by atoms with Crippen LogP contribution in [0, 0.1) is 0 Å². The average Bonchev–Trinajstić information content (AvgIpc) is 3.35. The summed E-state index contributed by atoms with van der Waals surface area (Å²) < 4.78 is 0. The Bertz CT molecular complexity index is 841. The third-order valence-corrected chi connectivity index (χ3v) is 5.77. The maximum absolute atomic E-state index is 2.55. The van der Waals surface area contributed by atoms with Crippen LogP contribution in [0.25, 0.3) is 0 Å². The van der Waals surface area contributed by atoms with Crippen LogP contribution in [0.5, 0.6) is 0 Å². The van der Waals surface area contributed by atoms with Gasteiger partial charge in [-0.05, 0) is 60.2 Å². The maximum Gasteiger partial charge on any atom is 0.128 e. The van der Waals surface area contributed by atoms with Gasteiger partial charge in [0.25, 0.3) is 0 Å². The summed E-state index contributed by atoms with van der Waals surface area (Å²) in [6, 6.07) is 28.9. The van der Waals surface area contributed by atoms with Gasteiger partial charge in [-0.1, -0.05) is 54.6 Å². The molecule has 0 bridgehead atoms. The summed E-state index contributed by atoms with van der Waals surface area (Å²) >= 11 is 0. The van der Waals surface area contributed by atoms with Gasteiger partial charge in [0.05, 0.1) is 0 Å². The van der Waals surface area contributed by atoms with Crippen LogP contribution in [-0.2, 0) is 12.8 Å². The number of anilines is 2. The molecule has 2 nitrogen and oxygen atoms in total. The lowest BCUT2D eigenvalue weighted by Crippen LogP contribution is -2.31. The predicted molar refractivity (Wildman–Crippen MR) is 109 cm³/mol. The maximum atomic E-state index is 2.55. The van der Waals surface area contributed by atoms with Gasteiger partial charge in [0.15, 0.2) is 0 Å². The zero-order valence-electron chi connectivity index (χ0n) is 15.0. The summed E-state index contributed by atoms with van der Waals surface area (Å²) in [6.45, 7) is 2.08. The Hall–Kier alpha value is -2.74. The smallest absolute Gasteiger partial charge is 0.128 e. The van der Waals surface area contributed by atoms with Crippen LogP contribution < -0.4 is 9.80 Å². The van der Waals surface area contributed by atoms with E-state index in [4.69, 9.17) is 0 Å². The second kappa shape index (κ2) is 6.53. The van der Waals surface area contributed by atoms with Gasteiger partial charge in [-0.25, -0.2) is 0 Å². The van der Waals surface area contributed by atoms with E-state index < -0.39 is 0 Å². The fourth-order valence-corrected chi connectivity index (χ4v) is 4.52. The zero-order chi connectivity index (χ0) is 17.3. The third kappa shape index (κ3) is 2.66. The van der Waals surface area contributed by atoms with Crippen LogP contribution >= 0.6 is 0 Å². The van der Waals surface area contributed by atoms with Crippen LogP contribution in [0.3, 0.4) is 0 Å². The van der Waals surface area contributed by atoms with Crippen molar-refractivity contribution in [2.45, 2.75) is 25.4 Å². The van der Waals surface area contributed by atoms with Crippen molar-refractivity contribution < 1.29 is 0 Å². The summed E-state index contributed by atoms with van der Waals surface area (Å²) in [7, 11) is 0. The lowest BCUT2D eigenvalue weighted by atomic mass is 10.0. The van der Waals surface area contributed by atoms with E-state index in [1.165, 1.54) is 36.2 Å². The van der Waals surface area contributed by atoms with Crippen LogP contribution in [0.4, 0.5) is 11.4 Å². The van der Waals surface area contributed by atoms with Gasteiger partial charge < -0.3 is 9.80 Å². The van der Waals surface area contributed by atoms with Crippen LogP contribution in [0.15, 0.2) is 78.9 Å².